The number of hydrazine groups is 1. The molecule has 0 aromatic carbocycles. The van der Waals surface area contributed by atoms with Gasteiger partial charge in [-0.05, 0) is 18.9 Å². The van der Waals surface area contributed by atoms with E-state index in [1.165, 1.54) is 0 Å². The Balaban J connectivity index is 2.24. The molecule has 4 N–H and O–H groups in total. The van der Waals surface area contributed by atoms with Gasteiger partial charge in [0.1, 0.15) is 19.4 Å². The van der Waals surface area contributed by atoms with Crippen molar-refractivity contribution < 1.29 is 4.79 Å². The lowest BCUT2D eigenvalue weighted by molar-refractivity contribution is -0.116. The van der Waals surface area contributed by atoms with Crippen LogP contribution in [0.3, 0.4) is 0 Å². The lowest BCUT2D eigenvalue weighted by Gasteiger charge is -2.19. The molecule has 17 heavy (non-hydrogen) atoms. The highest BCUT2D eigenvalue weighted by Crippen LogP contribution is 2.20. The fourth-order valence-corrected chi connectivity index (χ4v) is 1.81. The molecule has 5 nitrogen and oxygen atoms in total. The Morgan fingerprint density at radius 1 is 1.41 bits per heavy atom. The highest BCUT2D eigenvalue weighted by atomic mass is 16.1. The van der Waals surface area contributed by atoms with Crippen LogP contribution in [0.2, 0.25) is 0 Å². The summed E-state index contributed by atoms with van der Waals surface area (Å²) in [5.41, 5.74) is 4.26. The fraction of sp³-hybridized carbons (Fsp3) is 0.273. The van der Waals surface area contributed by atoms with E-state index in [0.717, 1.165) is 18.5 Å². The lowest BCUT2D eigenvalue weighted by atomic mass is 9.97. The van der Waals surface area contributed by atoms with Crippen LogP contribution in [0, 0.1) is 0 Å². The lowest BCUT2D eigenvalue weighted by Crippen LogP contribution is -2.32. The summed E-state index contributed by atoms with van der Waals surface area (Å²) in [6, 6.07) is 3.41. The summed E-state index contributed by atoms with van der Waals surface area (Å²) in [6.07, 6.45) is 3.71. The van der Waals surface area contributed by atoms with Gasteiger partial charge in [-0.25, -0.2) is 4.98 Å². The van der Waals surface area contributed by atoms with E-state index >= 15 is 0 Å². The third-order valence-corrected chi connectivity index (χ3v) is 2.62. The van der Waals surface area contributed by atoms with Gasteiger partial charge in [0.2, 0.25) is 0 Å². The van der Waals surface area contributed by atoms with Gasteiger partial charge in [0.05, 0.1) is 0 Å². The van der Waals surface area contributed by atoms with Crippen molar-refractivity contribution in [2.24, 2.45) is 5.84 Å². The molecule has 86 valence electrons. The Labute approximate surface area is 101 Å². The van der Waals surface area contributed by atoms with E-state index in [1.807, 2.05) is 0 Å². The number of anilines is 1. The van der Waals surface area contributed by atoms with Crippen LogP contribution < -0.4 is 22.0 Å². The quantitative estimate of drug-likeness (QED) is 0.376. The number of hydrogen-bond acceptors (Lipinski definition) is 5. The molecule has 0 aliphatic heterocycles. The van der Waals surface area contributed by atoms with Crippen molar-refractivity contribution in [2.75, 3.05) is 5.32 Å². The molecule has 1 aliphatic rings. The average molecular weight is 228 g/mol. The molecule has 0 atom stereocenters. The standard InChI is InChI=1S/C11H13BN4O/c12-7-4-5-14-10(6-7)15-8-2-1-3-9(17)11(8)16-13/h4-6,16H,1-3,13H2,(H,14,15). The molecule has 2 rings (SSSR count). The highest BCUT2D eigenvalue weighted by Gasteiger charge is 2.19. The summed E-state index contributed by atoms with van der Waals surface area (Å²) in [6.45, 7) is 0. The van der Waals surface area contributed by atoms with Crippen molar-refractivity contribution in [1.82, 2.24) is 10.4 Å². The molecule has 1 aromatic rings. The molecule has 0 bridgehead atoms. The van der Waals surface area contributed by atoms with E-state index in [2.05, 4.69) is 15.7 Å². The van der Waals surface area contributed by atoms with E-state index in [4.69, 9.17) is 13.7 Å². The van der Waals surface area contributed by atoms with Gasteiger partial charge in [0, 0.05) is 18.3 Å². The van der Waals surface area contributed by atoms with Gasteiger partial charge in [0.15, 0.2) is 5.78 Å². The molecular formula is C11H13BN4O. The first-order chi connectivity index (χ1) is 8.20. The number of aromatic nitrogens is 1. The maximum absolute atomic E-state index is 11.6. The minimum atomic E-state index is 0.0187. The van der Waals surface area contributed by atoms with Crippen LogP contribution in [0.5, 0.6) is 0 Å². The number of nitrogens with zero attached hydrogens (tertiary/aromatic N) is 1. The van der Waals surface area contributed by atoms with Crippen LogP contribution in [-0.2, 0) is 4.79 Å². The minimum absolute atomic E-state index is 0.0187. The zero-order valence-corrected chi connectivity index (χ0v) is 9.36. The van der Waals surface area contributed by atoms with E-state index in [0.29, 0.717) is 23.4 Å². The predicted molar refractivity (Wildman–Crippen MR) is 66.5 cm³/mol. The Kier molecular flexibility index (Phi) is 3.44. The zero-order valence-electron chi connectivity index (χ0n) is 9.36. The third kappa shape index (κ3) is 2.65. The van der Waals surface area contributed by atoms with Gasteiger partial charge in [-0.3, -0.25) is 10.6 Å². The number of carbonyl (C=O) groups excluding carboxylic acids is 1. The number of hydrogen-bond donors (Lipinski definition) is 3. The first-order valence-corrected chi connectivity index (χ1v) is 5.42. The molecule has 1 aromatic heterocycles. The molecule has 1 heterocycles. The minimum Gasteiger partial charge on any atom is -0.342 e. The number of Topliss-reactive ketones (excluding diaryl/α,β-unsaturated/α-hetero) is 1. The molecule has 0 spiro atoms. The van der Waals surface area contributed by atoms with Crippen LogP contribution >= 0.6 is 0 Å². The molecule has 0 saturated heterocycles. The molecule has 6 heteroatoms. The van der Waals surface area contributed by atoms with E-state index in [9.17, 15) is 4.79 Å². The molecule has 2 radical (unpaired) electrons. The molecule has 1 aliphatic carbocycles. The maximum atomic E-state index is 11.6. The van der Waals surface area contributed by atoms with Gasteiger partial charge in [-0.2, -0.15) is 0 Å². The Morgan fingerprint density at radius 2 is 2.24 bits per heavy atom. The van der Waals surface area contributed by atoms with Crippen LogP contribution in [-0.4, -0.2) is 18.6 Å². The van der Waals surface area contributed by atoms with Crippen LogP contribution in [0.15, 0.2) is 29.7 Å². The molecule has 0 saturated carbocycles. The third-order valence-electron chi connectivity index (χ3n) is 2.62. The number of allylic oxidation sites excluding steroid dienone is 2. The van der Waals surface area contributed by atoms with Crippen LogP contribution in [0.4, 0.5) is 5.82 Å². The summed E-state index contributed by atoms with van der Waals surface area (Å²) >= 11 is 0. The number of nitrogens with two attached hydrogens (primary N) is 1. The van der Waals surface area contributed by atoms with Crippen LogP contribution in [0.25, 0.3) is 0 Å². The monoisotopic (exact) mass is 228 g/mol. The molecular weight excluding hydrogens is 215 g/mol. The second-order valence-corrected chi connectivity index (χ2v) is 3.87. The van der Waals surface area contributed by atoms with Gasteiger partial charge >= 0.3 is 0 Å². The normalized spacial score (nSPS) is 15.9. The molecule has 0 amide bonds. The molecule has 0 unspecified atom stereocenters. The summed E-state index contributed by atoms with van der Waals surface area (Å²) in [7, 11) is 5.65. The number of nitrogens with one attached hydrogen (secondary N) is 2. The van der Waals surface area contributed by atoms with Gasteiger partial charge in [0.25, 0.3) is 0 Å². The largest absolute Gasteiger partial charge is 0.342 e. The van der Waals surface area contributed by atoms with Crippen molar-refractivity contribution in [3.8, 4) is 0 Å². The second kappa shape index (κ2) is 5.01. The van der Waals surface area contributed by atoms with E-state index in [-0.39, 0.29) is 5.78 Å². The summed E-state index contributed by atoms with van der Waals surface area (Å²) in [4.78, 5) is 15.7. The van der Waals surface area contributed by atoms with Gasteiger partial charge in [-0.1, -0.05) is 11.5 Å². The first kappa shape index (κ1) is 11.7. The first-order valence-electron chi connectivity index (χ1n) is 5.42. The van der Waals surface area contributed by atoms with Crippen molar-refractivity contribution in [2.45, 2.75) is 19.3 Å². The second-order valence-electron chi connectivity index (χ2n) is 3.87. The van der Waals surface area contributed by atoms with Crippen molar-refractivity contribution in [3.63, 3.8) is 0 Å². The number of ketones is 1. The summed E-state index contributed by atoms with van der Waals surface area (Å²) < 4.78 is 0. The van der Waals surface area contributed by atoms with Gasteiger partial charge in [-0.15, -0.1) is 0 Å². The summed E-state index contributed by atoms with van der Waals surface area (Å²) in [5.74, 6) is 5.99. The zero-order chi connectivity index (χ0) is 12.3. The number of rotatable bonds is 3. The number of pyridine rings is 1. The Bertz CT molecular complexity index is 472. The Hall–Kier alpha value is -1.82. The smallest absolute Gasteiger partial charge is 0.181 e. The predicted octanol–water partition coefficient (Wildman–Crippen LogP) is -0.285. The fourth-order valence-electron chi connectivity index (χ4n) is 1.81. The highest BCUT2D eigenvalue weighted by molar-refractivity contribution is 6.32. The van der Waals surface area contributed by atoms with E-state index in [1.54, 1.807) is 18.3 Å². The Morgan fingerprint density at radius 3 is 2.94 bits per heavy atom. The van der Waals surface area contributed by atoms with Crippen LogP contribution in [0.1, 0.15) is 19.3 Å². The van der Waals surface area contributed by atoms with Gasteiger partial charge < -0.3 is 10.7 Å². The topological polar surface area (TPSA) is 80.0 Å². The molecule has 0 fully saturated rings. The average Bonchev–Trinajstić information content (AvgIpc) is 2.29. The number of carbonyl (C=O) groups is 1. The van der Waals surface area contributed by atoms with E-state index < -0.39 is 0 Å². The summed E-state index contributed by atoms with van der Waals surface area (Å²) in [5, 5.41) is 3.08. The van der Waals surface area contributed by atoms with Crippen molar-refractivity contribution in [1.29, 1.82) is 0 Å². The van der Waals surface area contributed by atoms with Crippen molar-refractivity contribution in [3.05, 3.63) is 29.7 Å². The van der Waals surface area contributed by atoms with Crippen molar-refractivity contribution >= 4 is 24.9 Å². The maximum Gasteiger partial charge on any atom is 0.181 e. The SMILES string of the molecule is [B]c1ccnc(NC2=C(NN)C(=O)CCC2)c1.